The van der Waals surface area contributed by atoms with Gasteiger partial charge in [0, 0.05) is 18.5 Å². The Bertz CT molecular complexity index is 347. The number of anilines is 1. The molecule has 0 unspecified atom stereocenters. The van der Waals surface area contributed by atoms with Gasteiger partial charge >= 0.3 is 0 Å². The van der Waals surface area contributed by atoms with Crippen LogP contribution in [-0.2, 0) is 0 Å². The number of nitrogens with zero attached hydrogens (tertiary/aromatic N) is 1. The second-order valence-electron chi connectivity index (χ2n) is 3.05. The van der Waals surface area contributed by atoms with Crippen molar-refractivity contribution >= 4 is 49.6 Å². The van der Waals surface area contributed by atoms with Gasteiger partial charge in [0.25, 0.3) is 4.74 Å². The van der Waals surface area contributed by atoms with E-state index in [1.807, 2.05) is 18.7 Å². The molecule has 1 rings (SSSR count). The van der Waals surface area contributed by atoms with Gasteiger partial charge in [0.1, 0.15) is 10.0 Å². The summed E-state index contributed by atoms with van der Waals surface area (Å²) < 4.78 is 0.595. The van der Waals surface area contributed by atoms with E-state index < -0.39 is 0 Å². The first-order valence-electron chi connectivity index (χ1n) is 4.19. The Kier molecular flexibility index (Phi) is 4.70. The monoisotopic (exact) mass is 271 g/mol. The molecule has 0 atom stereocenters. The van der Waals surface area contributed by atoms with Crippen LogP contribution in [-0.4, -0.2) is 18.5 Å². The largest absolute Gasteiger partial charge is 0.362 e. The van der Waals surface area contributed by atoms with Crippen molar-refractivity contribution in [2.24, 2.45) is 0 Å². The average Bonchev–Trinajstić information content (AvgIpc) is 2.43. The molecule has 0 aliphatic rings. The van der Waals surface area contributed by atoms with Crippen molar-refractivity contribution in [1.29, 1.82) is 0 Å². The number of rotatable bonds is 4. The van der Waals surface area contributed by atoms with Crippen LogP contribution in [0, 0.1) is 0 Å². The second kappa shape index (κ2) is 5.35. The molecule has 0 saturated carbocycles. The van der Waals surface area contributed by atoms with Crippen molar-refractivity contribution in [3.05, 3.63) is 13.9 Å². The minimum atomic E-state index is 0.0267. The summed E-state index contributed by atoms with van der Waals surface area (Å²) in [7, 11) is 2.48. The Hall–Kier alpha value is 0.230. The summed E-state index contributed by atoms with van der Waals surface area (Å²) in [5, 5.41) is 0. The highest BCUT2D eigenvalue weighted by atomic mass is 35.5. The molecule has 0 aromatic carbocycles. The van der Waals surface area contributed by atoms with Gasteiger partial charge in [0.05, 0.1) is 0 Å². The van der Waals surface area contributed by atoms with Crippen LogP contribution >= 0.6 is 43.9 Å². The van der Waals surface area contributed by atoms with Gasteiger partial charge in [0.2, 0.25) is 0 Å². The average molecular weight is 272 g/mol. The highest BCUT2D eigenvalue weighted by Crippen LogP contribution is 2.30. The lowest BCUT2D eigenvalue weighted by molar-refractivity contribution is 0.706. The Morgan fingerprint density at radius 2 is 2.07 bits per heavy atom. The van der Waals surface area contributed by atoms with Crippen molar-refractivity contribution in [3.8, 4) is 0 Å². The zero-order chi connectivity index (χ0) is 10.7. The molecule has 0 spiro atoms. The van der Waals surface area contributed by atoms with Crippen LogP contribution in [0.5, 0.6) is 0 Å². The van der Waals surface area contributed by atoms with Crippen molar-refractivity contribution in [1.82, 2.24) is 0 Å². The van der Waals surface area contributed by atoms with Crippen LogP contribution in [0.15, 0.2) is 4.79 Å². The molecule has 0 aliphatic heterocycles. The molecular formula is C8H11Cl2NOS2. The molecule has 1 aromatic heterocycles. The molecule has 0 bridgehead atoms. The van der Waals surface area contributed by atoms with Crippen molar-refractivity contribution < 1.29 is 0 Å². The molecule has 6 heteroatoms. The summed E-state index contributed by atoms with van der Waals surface area (Å²) in [4.78, 5) is 13.5. The van der Waals surface area contributed by atoms with Gasteiger partial charge < -0.3 is 4.90 Å². The molecule has 2 nitrogen and oxygen atoms in total. The number of halogens is 2. The third-order valence-electron chi connectivity index (χ3n) is 1.81. The summed E-state index contributed by atoms with van der Waals surface area (Å²) in [5.74, 6) is 0.495. The first kappa shape index (κ1) is 12.3. The lowest BCUT2D eigenvalue weighted by Crippen LogP contribution is -2.35. The van der Waals surface area contributed by atoms with Crippen LogP contribution in [0.4, 0.5) is 5.69 Å². The van der Waals surface area contributed by atoms with Gasteiger partial charge in [-0.3, -0.25) is 4.79 Å². The molecule has 0 saturated heterocycles. The maximum atomic E-state index is 11.5. The fraction of sp³-hybridized carbons (Fsp3) is 0.625. The molecule has 0 aliphatic carbocycles. The molecule has 0 radical (unpaired) electrons. The van der Waals surface area contributed by atoms with E-state index in [4.69, 9.17) is 23.2 Å². The summed E-state index contributed by atoms with van der Waals surface area (Å²) >= 11 is 11.6. The van der Waals surface area contributed by atoms with E-state index in [-0.39, 0.29) is 10.8 Å². The molecule has 0 N–H and O–H groups in total. The minimum Gasteiger partial charge on any atom is -0.362 e. The predicted octanol–water partition coefficient (Wildman–Crippen LogP) is 3.28. The minimum absolute atomic E-state index is 0.0267. The highest BCUT2D eigenvalue weighted by Gasteiger charge is 2.18. The standard InChI is InChI=1S/C8H11Cl2NOS2/c1-5(2)11(4-3-9)6-7(10)13-14-8(6)12/h5H,3-4H2,1-2H3. The van der Waals surface area contributed by atoms with Gasteiger partial charge in [0.15, 0.2) is 0 Å². The summed E-state index contributed by atoms with van der Waals surface area (Å²) in [6, 6.07) is 0.237. The van der Waals surface area contributed by atoms with E-state index in [2.05, 4.69) is 0 Å². The fourth-order valence-corrected chi connectivity index (χ4v) is 3.62. The van der Waals surface area contributed by atoms with Crippen LogP contribution < -0.4 is 9.64 Å². The summed E-state index contributed by atoms with van der Waals surface area (Å²) in [6.07, 6.45) is 0. The van der Waals surface area contributed by atoms with E-state index >= 15 is 0 Å². The lowest BCUT2D eigenvalue weighted by Gasteiger charge is -2.26. The van der Waals surface area contributed by atoms with E-state index in [9.17, 15) is 4.79 Å². The van der Waals surface area contributed by atoms with Gasteiger partial charge in [-0.05, 0) is 24.2 Å². The first-order chi connectivity index (χ1) is 6.57. The van der Waals surface area contributed by atoms with E-state index in [0.29, 0.717) is 22.4 Å². The Labute approximate surface area is 100 Å². The summed E-state index contributed by atoms with van der Waals surface area (Å²) in [5.41, 5.74) is 0.609. The van der Waals surface area contributed by atoms with Crippen LogP contribution in [0.2, 0.25) is 4.34 Å². The van der Waals surface area contributed by atoms with Crippen LogP contribution in [0.3, 0.4) is 0 Å². The fourth-order valence-electron chi connectivity index (χ4n) is 1.18. The molecule has 1 heterocycles. The highest BCUT2D eigenvalue weighted by molar-refractivity contribution is 7.70. The first-order valence-corrected chi connectivity index (χ1v) is 7.25. The maximum absolute atomic E-state index is 11.5. The quantitative estimate of drug-likeness (QED) is 0.619. The van der Waals surface area contributed by atoms with Crippen molar-refractivity contribution in [3.63, 3.8) is 0 Å². The molecule has 14 heavy (non-hydrogen) atoms. The number of alkyl halides is 1. The molecule has 80 valence electrons. The van der Waals surface area contributed by atoms with Crippen LogP contribution in [0.1, 0.15) is 13.8 Å². The van der Waals surface area contributed by atoms with E-state index in [0.717, 1.165) is 0 Å². The van der Waals surface area contributed by atoms with E-state index in [1.165, 1.54) is 20.7 Å². The zero-order valence-corrected chi connectivity index (χ0v) is 11.1. The third-order valence-corrected chi connectivity index (χ3v) is 4.63. The smallest absolute Gasteiger partial charge is 0.267 e. The van der Waals surface area contributed by atoms with Gasteiger partial charge in [-0.25, -0.2) is 0 Å². The number of hydrogen-bond acceptors (Lipinski definition) is 4. The number of hydrogen-bond donors (Lipinski definition) is 0. The van der Waals surface area contributed by atoms with E-state index in [1.54, 1.807) is 0 Å². The lowest BCUT2D eigenvalue weighted by atomic mass is 10.3. The summed E-state index contributed by atoms with van der Waals surface area (Å²) in [6.45, 7) is 4.69. The second-order valence-corrected chi connectivity index (χ2v) is 6.14. The zero-order valence-electron chi connectivity index (χ0n) is 7.92. The molecule has 0 fully saturated rings. The molecule has 0 amide bonds. The molecular weight excluding hydrogens is 261 g/mol. The third kappa shape index (κ3) is 2.63. The molecule has 1 aromatic rings. The van der Waals surface area contributed by atoms with Crippen LogP contribution in [0.25, 0.3) is 0 Å². The van der Waals surface area contributed by atoms with Gasteiger partial charge in [-0.15, -0.1) is 11.6 Å². The maximum Gasteiger partial charge on any atom is 0.267 e. The van der Waals surface area contributed by atoms with Crippen molar-refractivity contribution in [2.45, 2.75) is 19.9 Å². The Balaban J connectivity index is 3.04. The SMILES string of the molecule is CC(C)N(CCCl)c1c(Cl)ssc1=O. The van der Waals surface area contributed by atoms with Gasteiger partial charge in [-0.1, -0.05) is 21.9 Å². The Morgan fingerprint density at radius 1 is 1.43 bits per heavy atom. The normalized spacial score (nSPS) is 10.9. The predicted molar refractivity (Wildman–Crippen MR) is 66.7 cm³/mol. The van der Waals surface area contributed by atoms with Crippen molar-refractivity contribution in [2.75, 3.05) is 17.3 Å². The Morgan fingerprint density at radius 3 is 2.43 bits per heavy atom. The van der Waals surface area contributed by atoms with Gasteiger partial charge in [-0.2, -0.15) is 0 Å². The topological polar surface area (TPSA) is 20.3 Å².